The zero-order valence-corrected chi connectivity index (χ0v) is 16.5. The molecule has 0 spiro atoms. The molecule has 84 valence electrons. The number of nitrogen functional groups attached to an aromatic ring is 2. The van der Waals surface area contributed by atoms with E-state index in [0.29, 0.717) is 0 Å². The van der Waals surface area contributed by atoms with Gasteiger partial charge in [0.2, 0.25) is 0 Å². The van der Waals surface area contributed by atoms with Crippen molar-refractivity contribution < 1.29 is 0 Å². The highest BCUT2D eigenvalue weighted by molar-refractivity contribution is 14.1. The molecule has 0 aromatic heterocycles. The lowest BCUT2D eigenvalue weighted by molar-refractivity contribution is 1.58. The Morgan fingerprint density at radius 2 is 1.00 bits per heavy atom. The second-order valence-corrected chi connectivity index (χ2v) is 7.76. The Hall–Kier alpha value is 1.22. The first kappa shape index (κ1) is 13.6. The Morgan fingerprint density at radius 1 is 0.688 bits per heavy atom. The fourth-order valence-electron chi connectivity index (χ4n) is 1.54. The summed E-state index contributed by atoms with van der Waals surface area (Å²) in [7, 11) is 0. The lowest BCUT2D eigenvalue weighted by Crippen LogP contribution is -1.99. The number of hydrogen-bond donors (Lipinski definition) is 2. The summed E-state index contributed by atoms with van der Waals surface area (Å²) in [5, 5.41) is 2.16. The van der Waals surface area contributed by atoms with Crippen molar-refractivity contribution in [2.24, 2.45) is 0 Å². The van der Waals surface area contributed by atoms with Gasteiger partial charge in [-0.2, -0.15) is 0 Å². The van der Waals surface area contributed by atoms with E-state index in [1.165, 1.54) is 7.14 Å². The molecule has 2 nitrogen and oxygen atoms in total. The van der Waals surface area contributed by atoms with Crippen LogP contribution in [0.25, 0.3) is 10.8 Å². The van der Waals surface area contributed by atoms with Crippen LogP contribution in [0.1, 0.15) is 0 Å². The summed E-state index contributed by atoms with van der Waals surface area (Å²) in [6, 6.07) is 4.00. The van der Waals surface area contributed by atoms with E-state index in [4.69, 9.17) is 11.5 Å². The predicted octanol–water partition coefficient (Wildman–Crippen LogP) is 4.42. The van der Waals surface area contributed by atoms with Crippen LogP contribution in [-0.2, 0) is 0 Å². The largest absolute Gasteiger partial charge is 0.398 e. The first-order valence-corrected chi connectivity index (χ1v) is 8.55. The van der Waals surface area contributed by atoms with Crippen molar-refractivity contribution in [3.63, 3.8) is 0 Å². The minimum absolute atomic E-state index is 0.800. The first-order chi connectivity index (χ1) is 7.43. The molecule has 0 bridgehead atoms. The van der Waals surface area contributed by atoms with Gasteiger partial charge in [-0.1, -0.05) is 0 Å². The van der Waals surface area contributed by atoms with Gasteiger partial charge in [0.1, 0.15) is 0 Å². The molecule has 0 saturated carbocycles. The van der Waals surface area contributed by atoms with Gasteiger partial charge >= 0.3 is 0 Å². The maximum absolute atomic E-state index is 6.09. The molecule has 0 heterocycles. The molecular formula is C10H6I4N2. The predicted molar refractivity (Wildman–Crippen MR) is 104 cm³/mol. The van der Waals surface area contributed by atoms with E-state index < -0.39 is 0 Å². The number of rotatable bonds is 0. The number of hydrogen-bond acceptors (Lipinski definition) is 2. The SMILES string of the molecule is Nc1cc(I)c(I)c2c(N)cc(I)c(I)c12. The van der Waals surface area contributed by atoms with Gasteiger partial charge in [-0.25, -0.2) is 0 Å². The van der Waals surface area contributed by atoms with Crippen LogP contribution in [-0.4, -0.2) is 0 Å². The third-order valence-electron chi connectivity index (χ3n) is 2.25. The Morgan fingerprint density at radius 3 is 1.31 bits per heavy atom. The monoisotopic (exact) mass is 662 g/mol. The van der Waals surface area contributed by atoms with Crippen LogP contribution in [0, 0.1) is 14.3 Å². The van der Waals surface area contributed by atoms with Crippen molar-refractivity contribution in [3.05, 3.63) is 26.4 Å². The van der Waals surface area contributed by atoms with Gasteiger partial charge in [0.05, 0.1) is 0 Å². The number of halogens is 4. The zero-order valence-electron chi connectivity index (χ0n) is 7.82. The second-order valence-electron chi connectivity index (χ2n) is 3.27. The van der Waals surface area contributed by atoms with Crippen molar-refractivity contribution in [3.8, 4) is 0 Å². The first-order valence-electron chi connectivity index (χ1n) is 4.24. The number of nitrogens with two attached hydrogens (primary N) is 2. The van der Waals surface area contributed by atoms with Crippen molar-refractivity contribution in [1.82, 2.24) is 0 Å². The lowest BCUT2D eigenvalue weighted by atomic mass is 10.1. The topological polar surface area (TPSA) is 52.0 Å². The fourth-order valence-corrected chi connectivity index (χ4v) is 4.23. The molecule has 0 saturated heterocycles. The summed E-state index contributed by atoms with van der Waals surface area (Å²) in [6.45, 7) is 0. The van der Waals surface area contributed by atoms with Crippen LogP contribution in [0.2, 0.25) is 0 Å². The van der Waals surface area contributed by atoms with Gasteiger partial charge < -0.3 is 11.5 Å². The summed E-state index contributed by atoms with van der Waals surface area (Å²) < 4.78 is 4.64. The Labute approximate surface area is 148 Å². The van der Waals surface area contributed by atoms with Crippen LogP contribution < -0.4 is 11.5 Å². The van der Waals surface area contributed by atoms with Crippen molar-refractivity contribution in [1.29, 1.82) is 0 Å². The van der Waals surface area contributed by atoms with E-state index in [1.807, 2.05) is 12.1 Å². The molecule has 0 aliphatic heterocycles. The van der Waals surface area contributed by atoms with E-state index in [-0.39, 0.29) is 0 Å². The lowest BCUT2D eigenvalue weighted by Gasteiger charge is -2.12. The average Bonchev–Trinajstić information content (AvgIpc) is 2.20. The quantitative estimate of drug-likeness (QED) is 0.325. The van der Waals surface area contributed by atoms with E-state index in [2.05, 4.69) is 90.4 Å². The molecular weight excluding hydrogens is 656 g/mol. The summed E-state index contributed by atoms with van der Waals surface area (Å²) >= 11 is 9.22. The maximum atomic E-state index is 6.09. The summed E-state index contributed by atoms with van der Waals surface area (Å²) in [4.78, 5) is 0. The van der Waals surface area contributed by atoms with Gasteiger partial charge in [-0.3, -0.25) is 0 Å². The van der Waals surface area contributed by atoms with E-state index >= 15 is 0 Å². The van der Waals surface area contributed by atoms with Crippen LogP contribution in [0.5, 0.6) is 0 Å². The number of anilines is 2. The molecule has 2 aromatic carbocycles. The summed E-state index contributed by atoms with van der Waals surface area (Å²) in [5.74, 6) is 0. The Balaban J connectivity index is 3.11. The molecule has 0 amide bonds. The molecule has 0 unspecified atom stereocenters. The van der Waals surface area contributed by atoms with E-state index in [1.54, 1.807) is 0 Å². The van der Waals surface area contributed by atoms with Crippen molar-refractivity contribution >= 4 is 113 Å². The van der Waals surface area contributed by atoms with Gasteiger partial charge in [-0.15, -0.1) is 0 Å². The number of benzene rings is 2. The van der Waals surface area contributed by atoms with Gasteiger partial charge in [-0.05, 0) is 102 Å². The van der Waals surface area contributed by atoms with Gasteiger partial charge in [0.25, 0.3) is 0 Å². The molecule has 0 aliphatic rings. The Kier molecular flexibility index (Phi) is 4.33. The second kappa shape index (κ2) is 5.07. The third kappa shape index (κ3) is 2.22. The third-order valence-corrected chi connectivity index (χ3v) is 8.26. The van der Waals surface area contributed by atoms with Crippen LogP contribution >= 0.6 is 90.4 Å². The highest BCUT2D eigenvalue weighted by atomic mass is 127. The van der Waals surface area contributed by atoms with E-state index in [9.17, 15) is 0 Å². The van der Waals surface area contributed by atoms with Crippen LogP contribution in [0.3, 0.4) is 0 Å². The molecule has 0 fully saturated rings. The standard InChI is InChI=1S/C10H6I4N2/c11-3-1-5(15)7-8(9(3)13)6(16)2-4(12)10(7)14/h1-2H,15-16H2. The molecule has 4 N–H and O–H groups in total. The minimum atomic E-state index is 0.800. The molecule has 0 aliphatic carbocycles. The molecule has 2 aromatic rings. The minimum Gasteiger partial charge on any atom is -0.398 e. The molecule has 16 heavy (non-hydrogen) atoms. The van der Waals surface area contributed by atoms with Gasteiger partial charge in [0, 0.05) is 36.4 Å². The molecule has 2 rings (SSSR count). The summed E-state index contributed by atoms with van der Waals surface area (Å²) in [6.07, 6.45) is 0. The van der Waals surface area contributed by atoms with Crippen molar-refractivity contribution in [2.75, 3.05) is 11.5 Å². The maximum Gasteiger partial charge on any atom is 0.0417 e. The smallest absolute Gasteiger partial charge is 0.0417 e. The highest BCUT2D eigenvalue weighted by Crippen LogP contribution is 2.38. The van der Waals surface area contributed by atoms with Crippen LogP contribution in [0.15, 0.2) is 12.1 Å². The van der Waals surface area contributed by atoms with E-state index in [0.717, 1.165) is 29.3 Å². The zero-order chi connectivity index (χ0) is 12.0. The highest BCUT2D eigenvalue weighted by Gasteiger charge is 2.14. The Bertz CT molecular complexity index is 542. The molecule has 0 atom stereocenters. The van der Waals surface area contributed by atoms with Crippen molar-refractivity contribution in [2.45, 2.75) is 0 Å². The average molecular weight is 662 g/mol. The fraction of sp³-hybridized carbons (Fsp3) is 0. The normalized spacial score (nSPS) is 11.0. The number of fused-ring (bicyclic) bond motifs is 1. The van der Waals surface area contributed by atoms with Gasteiger partial charge in [0.15, 0.2) is 0 Å². The molecule has 0 radical (unpaired) electrons. The molecule has 6 heteroatoms. The van der Waals surface area contributed by atoms with Crippen LogP contribution in [0.4, 0.5) is 11.4 Å². The summed E-state index contributed by atoms with van der Waals surface area (Å²) in [5.41, 5.74) is 13.8.